The second-order valence-electron chi connectivity index (χ2n) is 6.42. The number of carbonyl (C=O) groups excluding carboxylic acids is 2. The Morgan fingerprint density at radius 2 is 2.00 bits per heavy atom. The smallest absolute Gasteiger partial charge is 0.254 e. The Balaban J connectivity index is 0.00000288. The summed E-state index contributed by atoms with van der Waals surface area (Å²) in [5.74, 6) is 0.504. The second-order valence-corrected chi connectivity index (χ2v) is 6.42. The van der Waals surface area contributed by atoms with E-state index in [0.717, 1.165) is 19.4 Å². The molecule has 0 aliphatic carbocycles. The number of hydrogen-bond acceptors (Lipinski definition) is 3. The van der Waals surface area contributed by atoms with E-state index in [2.05, 4.69) is 6.92 Å². The number of likely N-dealkylation sites (tertiary alicyclic amines) is 1. The molecule has 2 N–H and O–H groups in total. The van der Waals surface area contributed by atoms with Crippen LogP contribution in [-0.4, -0.2) is 54.3 Å². The lowest BCUT2D eigenvalue weighted by Gasteiger charge is -2.38. The third-order valence-electron chi connectivity index (χ3n) is 4.69. The molecule has 0 aromatic heterocycles. The standard InChI is InChI=1S/C18H27N3O2.ClH/c1-4-20(3)17(22)14-6-5-7-15(11-14)18(23)21-9-8-13(2)10-16(21)12-19;/h5-7,11,13,16H,4,8-10,12,19H2,1-3H3;1H. The Hall–Kier alpha value is -1.59. The first-order valence-electron chi connectivity index (χ1n) is 8.34. The maximum absolute atomic E-state index is 12.8. The molecule has 0 radical (unpaired) electrons. The number of nitrogens with zero attached hydrogens (tertiary/aromatic N) is 2. The molecule has 1 saturated heterocycles. The van der Waals surface area contributed by atoms with E-state index in [1.54, 1.807) is 36.2 Å². The number of hydrogen-bond donors (Lipinski definition) is 1. The Labute approximate surface area is 150 Å². The summed E-state index contributed by atoms with van der Waals surface area (Å²) >= 11 is 0. The van der Waals surface area contributed by atoms with Crippen molar-refractivity contribution in [3.05, 3.63) is 35.4 Å². The molecule has 5 nitrogen and oxygen atoms in total. The van der Waals surface area contributed by atoms with Crippen molar-refractivity contribution in [2.45, 2.75) is 32.7 Å². The van der Waals surface area contributed by atoms with E-state index in [1.807, 2.05) is 11.8 Å². The van der Waals surface area contributed by atoms with Crippen LogP contribution >= 0.6 is 12.4 Å². The molecular weight excluding hydrogens is 326 g/mol. The number of piperidine rings is 1. The van der Waals surface area contributed by atoms with Gasteiger partial charge in [0, 0.05) is 43.9 Å². The van der Waals surface area contributed by atoms with Crippen LogP contribution in [0.25, 0.3) is 0 Å². The van der Waals surface area contributed by atoms with E-state index in [1.165, 1.54) is 0 Å². The molecule has 2 unspecified atom stereocenters. The molecule has 0 spiro atoms. The van der Waals surface area contributed by atoms with E-state index >= 15 is 0 Å². The monoisotopic (exact) mass is 353 g/mol. The van der Waals surface area contributed by atoms with Crippen molar-refractivity contribution in [3.8, 4) is 0 Å². The molecule has 2 rings (SSSR count). The van der Waals surface area contributed by atoms with Crippen LogP contribution in [0.2, 0.25) is 0 Å². The highest BCUT2D eigenvalue weighted by atomic mass is 35.5. The minimum Gasteiger partial charge on any atom is -0.342 e. The molecule has 0 bridgehead atoms. The van der Waals surface area contributed by atoms with Gasteiger partial charge in [-0.05, 0) is 43.9 Å². The summed E-state index contributed by atoms with van der Waals surface area (Å²) < 4.78 is 0. The minimum absolute atomic E-state index is 0. The third-order valence-corrected chi connectivity index (χ3v) is 4.69. The maximum Gasteiger partial charge on any atom is 0.254 e. The molecule has 2 atom stereocenters. The fourth-order valence-corrected chi connectivity index (χ4v) is 3.06. The Morgan fingerprint density at radius 3 is 2.62 bits per heavy atom. The first-order chi connectivity index (χ1) is 11.0. The van der Waals surface area contributed by atoms with Crippen molar-refractivity contribution in [1.82, 2.24) is 9.80 Å². The molecule has 1 heterocycles. The third kappa shape index (κ3) is 4.48. The fraction of sp³-hybridized carbons (Fsp3) is 0.556. The molecule has 1 fully saturated rings. The van der Waals surface area contributed by atoms with Crippen molar-refractivity contribution in [2.24, 2.45) is 11.7 Å². The van der Waals surface area contributed by atoms with Crippen molar-refractivity contribution >= 4 is 24.2 Å². The highest BCUT2D eigenvalue weighted by Gasteiger charge is 2.29. The van der Waals surface area contributed by atoms with E-state index < -0.39 is 0 Å². The van der Waals surface area contributed by atoms with Crippen molar-refractivity contribution in [3.63, 3.8) is 0 Å². The van der Waals surface area contributed by atoms with Crippen LogP contribution in [-0.2, 0) is 0 Å². The van der Waals surface area contributed by atoms with Gasteiger partial charge in [-0.3, -0.25) is 9.59 Å². The minimum atomic E-state index is -0.0650. The van der Waals surface area contributed by atoms with Gasteiger partial charge in [0.2, 0.25) is 0 Å². The first kappa shape index (κ1) is 20.5. The van der Waals surface area contributed by atoms with Crippen molar-refractivity contribution < 1.29 is 9.59 Å². The van der Waals surface area contributed by atoms with E-state index in [0.29, 0.717) is 30.1 Å². The topological polar surface area (TPSA) is 66.6 Å². The summed E-state index contributed by atoms with van der Waals surface area (Å²) in [5, 5.41) is 0. The van der Waals surface area contributed by atoms with Gasteiger partial charge in [-0.2, -0.15) is 0 Å². The van der Waals surface area contributed by atoms with E-state index in [-0.39, 0.29) is 30.3 Å². The van der Waals surface area contributed by atoms with Gasteiger partial charge in [-0.15, -0.1) is 12.4 Å². The number of amides is 2. The number of halogens is 1. The number of nitrogens with two attached hydrogens (primary N) is 1. The normalized spacial score (nSPS) is 20.2. The summed E-state index contributed by atoms with van der Waals surface area (Å²) in [6.07, 6.45) is 1.94. The number of benzene rings is 1. The average molecular weight is 354 g/mol. The maximum atomic E-state index is 12.8. The fourth-order valence-electron chi connectivity index (χ4n) is 3.06. The molecule has 2 amide bonds. The SMILES string of the molecule is CCN(C)C(=O)c1cccc(C(=O)N2CCC(C)CC2CN)c1.Cl. The first-order valence-corrected chi connectivity index (χ1v) is 8.34. The molecule has 1 aliphatic rings. The molecule has 6 heteroatoms. The lowest BCUT2D eigenvalue weighted by Crippen LogP contribution is -2.49. The van der Waals surface area contributed by atoms with Gasteiger partial charge in [0.25, 0.3) is 11.8 Å². The predicted octanol–water partition coefficient (Wildman–Crippen LogP) is 2.40. The summed E-state index contributed by atoms with van der Waals surface area (Å²) in [6.45, 7) is 5.97. The zero-order valence-electron chi connectivity index (χ0n) is 14.7. The summed E-state index contributed by atoms with van der Waals surface area (Å²) in [6, 6.07) is 7.08. The molecule has 24 heavy (non-hydrogen) atoms. The molecule has 1 aliphatic heterocycles. The van der Waals surface area contributed by atoms with Crippen LogP contribution < -0.4 is 5.73 Å². The Bertz CT molecular complexity index is 579. The van der Waals surface area contributed by atoms with Gasteiger partial charge < -0.3 is 15.5 Å². The molecule has 134 valence electrons. The molecule has 1 aromatic rings. The zero-order valence-corrected chi connectivity index (χ0v) is 15.5. The Kier molecular flexibility index (Phi) is 7.70. The molecule has 0 saturated carbocycles. The van der Waals surface area contributed by atoms with Gasteiger partial charge in [0.05, 0.1) is 0 Å². The van der Waals surface area contributed by atoms with Crippen molar-refractivity contribution in [2.75, 3.05) is 26.7 Å². The number of carbonyl (C=O) groups is 2. The lowest BCUT2D eigenvalue weighted by atomic mass is 9.91. The van der Waals surface area contributed by atoms with Crippen LogP contribution in [0.3, 0.4) is 0 Å². The van der Waals surface area contributed by atoms with Gasteiger partial charge in [-0.1, -0.05) is 13.0 Å². The van der Waals surface area contributed by atoms with Crippen LogP contribution in [0.5, 0.6) is 0 Å². The van der Waals surface area contributed by atoms with Gasteiger partial charge in [0.1, 0.15) is 0 Å². The molecular formula is C18H28ClN3O2. The van der Waals surface area contributed by atoms with Crippen LogP contribution in [0.4, 0.5) is 0 Å². The van der Waals surface area contributed by atoms with E-state index in [4.69, 9.17) is 5.73 Å². The zero-order chi connectivity index (χ0) is 17.0. The predicted molar refractivity (Wildman–Crippen MR) is 98.6 cm³/mol. The van der Waals surface area contributed by atoms with Gasteiger partial charge in [0.15, 0.2) is 0 Å². The van der Waals surface area contributed by atoms with Crippen molar-refractivity contribution in [1.29, 1.82) is 0 Å². The van der Waals surface area contributed by atoms with Gasteiger partial charge in [-0.25, -0.2) is 0 Å². The average Bonchev–Trinajstić information content (AvgIpc) is 2.59. The highest BCUT2D eigenvalue weighted by Crippen LogP contribution is 2.24. The van der Waals surface area contributed by atoms with E-state index in [9.17, 15) is 9.59 Å². The van der Waals surface area contributed by atoms with Gasteiger partial charge >= 0.3 is 0 Å². The highest BCUT2D eigenvalue weighted by molar-refractivity contribution is 5.99. The summed E-state index contributed by atoms with van der Waals surface area (Å²) in [7, 11) is 1.76. The Morgan fingerprint density at radius 1 is 1.33 bits per heavy atom. The lowest BCUT2D eigenvalue weighted by molar-refractivity contribution is 0.0573. The second kappa shape index (κ2) is 9.04. The largest absolute Gasteiger partial charge is 0.342 e. The quantitative estimate of drug-likeness (QED) is 0.903. The van der Waals surface area contributed by atoms with Crippen LogP contribution in [0, 0.1) is 5.92 Å². The molecule has 1 aromatic carbocycles. The summed E-state index contributed by atoms with van der Waals surface area (Å²) in [5.41, 5.74) is 6.97. The summed E-state index contributed by atoms with van der Waals surface area (Å²) in [4.78, 5) is 28.6. The van der Waals surface area contributed by atoms with Crippen LogP contribution in [0.15, 0.2) is 24.3 Å². The van der Waals surface area contributed by atoms with Crippen LogP contribution in [0.1, 0.15) is 47.4 Å². The number of rotatable bonds is 4.